The van der Waals surface area contributed by atoms with Crippen molar-refractivity contribution in [3.05, 3.63) is 48.5 Å². The molecule has 0 saturated heterocycles. The van der Waals surface area contributed by atoms with E-state index in [-0.39, 0.29) is 42.2 Å². The van der Waals surface area contributed by atoms with E-state index in [0.29, 0.717) is 6.54 Å². The standard InChI is InChI=1S/C25H35N3O5S/c1-18-14-28(19(2)17-29)34(31,32)24-12-11-21(20-9-7-6-8-10-20)13-22(24)33-23(18)15-27(5)25(30)16-26(3)4/h6-13,18-19,23,29H,14-17H2,1-5H3/t18-,19-,23-/m1/s1. The summed E-state index contributed by atoms with van der Waals surface area (Å²) >= 11 is 0. The average Bonchev–Trinajstić information content (AvgIpc) is 2.80. The van der Waals surface area contributed by atoms with Crippen LogP contribution in [0.15, 0.2) is 53.4 Å². The Bertz CT molecular complexity index is 1090. The Morgan fingerprint density at radius 1 is 1.15 bits per heavy atom. The SMILES string of the molecule is C[C@@H]1CN([C@H](C)CO)S(=O)(=O)c2ccc(-c3ccccc3)cc2O[C@@H]1CN(C)C(=O)CN(C)C. The largest absolute Gasteiger partial charge is 0.487 e. The number of hydrogen-bond acceptors (Lipinski definition) is 6. The van der Waals surface area contributed by atoms with E-state index in [2.05, 4.69) is 0 Å². The van der Waals surface area contributed by atoms with Gasteiger partial charge in [0.15, 0.2) is 0 Å². The number of carbonyl (C=O) groups is 1. The van der Waals surface area contributed by atoms with Crippen LogP contribution in [0, 0.1) is 5.92 Å². The van der Waals surface area contributed by atoms with Crippen LogP contribution < -0.4 is 4.74 Å². The third kappa shape index (κ3) is 5.78. The predicted octanol–water partition coefficient (Wildman–Crippen LogP) is 2.14. The molecule has 1 amide bonds. The first-order valence-electron chi connectivity index (χ1n) is 11.4. The summed E-state index contributed by atoms with van der Waals surface area (Å²) in [5, 5.41) is 9.78. The number of likely N-dealkylation sites (N-methyl/N-ethyl adjacent to an activating group) is 2. The van der Waals surface area contributed by atoms with Crippen LogP contribution in [-0.4, -0.2) is 93.1 Å². The number of rotatable bonds is 7. The van der Waals surface area contributed by atoms with Crippen molar-refractivity contribution < 1.29 is 23.1 Å². The normalized spacial score (nSPS) is 21.1. The van der Waals surface area contributed by atoms with Gasteiger partial charge in [-0.2, -0.15) is 4.31 Å². The number of fused-ring (bicyclic) bond motifs is 1. The molecule has 3 rings (SSSR count). The van der Waals surface area contributed by atoms with E-state index in [1.165, 1.54) is 4.31 Å². The second-order valence-electron chi connectivity index (χ2n) is 9.28. The number of hydrogen-bond donors (Lipinski definition) is 1. The summed E-state index contributed by atoms with van der Waals surface area (Å²) in [5.41, 5.74) is 1.78. The number of aliphatic hydroxyl groups excluding tert-OH is 1. The van der Waals surface area contributed by atoms with Crippen molar-refractivity contribution in [3.8, 4) is 16.9 Å². The van der Waals surface area contributed by atoms with Crippen molar-refractivity contribution in [2.24, 2.45) is 5.92 Å². The topological polar surface area (TPSA) is 90.4 Å². The van der Waals surface area contributed by atoms with E-state index in [1.54, 1.807) is 42.0 Å². The van der Waals surface area contributed by atoms with Crippen LogP contribution in [0.1, 0.15) is 13.8 Å². The fraction of sp³-hybridized carbons (Fsp3) is 0.480. The third-order valence-corrected chi connectivity index (χ3v) is 8.12. The second kappa shape index (κ2) is 10.9. The zero-order chi connectivity index (χ0) is 25.0. The van der Waals surface area contributed by atoms with Crippen LogP contribution >= 0.6 is 0 Å². The van der Waals surface area contributed by atoms with E-state index in [9.17, 15) is 18.3 Å². The smallest absolute Gasteiger partial charge is 0.247 e. The van der Waals surface area contributed by atoms with Gasteiger partial charge in [0.25, 0.3) is 0 Å². The summed E-state index contributed by atoms with van der Waals surface area (Å²) in [7, 11) is 1.49. The molecule has 1 aliphatic heterocycles. The minimum atomic E-state index is -3.91. The molecule has 0 aromatic heterocycles. The Hall–Kier alpha value is -2.46. The Morgan fingerprint density at radius 2 is 1.82 bits per heavy atom. The first-order chi connectivity index (χ1) is 16.0. The second-order valence-corrected chi connectivity index (χ2v) is 11.1. The molecular formula is C25H35N3O5S. The van der Waals surface area contributed by atoms with Gasteiger partial charge < -0.3 is 19.6 Å². The summed E-state index contributed by atoms with van der Waals surface area (Å²) in [6, 6.07) is 14.2. The molecule has 0 radical (unpaired) electrons. The van der Waals surface area contributed by atoms with E-state index < -0.39 is 22.2 Å². The maximum absolute atomic E-state index is 13.6. The van der Waals surface area contributed by atoms with E-state index in [0.717, 1.165) is 11.1 Å². The van der Waals surface area contributed by atoms with Crippen LogP contribution in [0.3, 0.4) is 0 Å². The summed E-state index contributed by atoms with van der Waals surface area (Å²) in [6.45, 7) is 4.05. The first kappa shape index (κ1) is 26.2. The lowest BCUT2D eigenvalue weighted by molar-refractivity contribution is -0.132. The zero-order valence-corrected chi connectivity index (χ0v) is 21.3. The lowest BCUT2D eigenvalue weighted by Crippen LogP contribution is -2.50. The highest BCUT2D eigenvalue weighted by molar-refractivity contribution is 7.89. The Morgan fingerprint density at radius 3 is 2.44 bits per heavy atom. The highest BCUT2D eigenvalue weighted by Crippen LogP contribution is 2.36. The number of ether oxygens (including phenoxy) is 1. The summed E-state index contributed by atoms with van der Waals surface area (Å²) < 4.78 is 34.9. The van der Waals surface area contributed by atoms with Gasteiger partial charge in [0.05, 0.1) is 19.7 Å². The molecule has 0 saturated carbocycles. The lowest BCUT2D eigenvalue weighted by Gasteiger charge is -2.37. The summed E-state index contributed by atoms with van der Waals surface area (Å²) in [5.74, 6) is -0.0252. The highest BCUT2D eigenvalue weighted by atomic mass is 32.2. The Kier molecular flexibility index (Phi) is 8.35. The van der Waals surface area contributed by atoms with Gasteiger partial charge in [0.2, 0.25) is 15.9 Å². The van der Waals surface area contributed by atoms with Gasteiger partial charge in [-0.05, 0) is 44.3 Å². The highest BCUT2D eigenvalue weighted by Gasteiger charge is 2.38. The van der Waals surface area contributed by atoms with Gasteiger partial charge in [-0.25, -0.2) is 8.42 Å². The lowest BCUT2D eigenvalue weighted by atomic mass is 10.0. The number of amides is 1. The van der Waals surface area contributed by atoms with Gasteiger partial charge in [-0.1, -0.05) is 43.3 Å². The number of carbonyl (C=O) groups excluding carboxylic acids is 1. The molecule has 2 aromatic rings. The molecule has 0 unspecified atom stereocenters. The Labute approximate surface area is 202 Å². The van der Waals surface area contributed by atoms with Crippen molar-refractivity contribution in [1.82, 2.24) is 14.1 Å². The molecule has 1 heterocycles. The van der Waals surface area contributed by atoms with Crippen LogP contribution in [0.5, 0.6) is 5.75 Å². The zero-order valence-electron chi connectivity index (χ0n) is 20.5. The molecule has 9 heteroatoms. The predicted molar refractivity (Wildman–Crippen MR) is 132 cm³/mol. The average molecular weight is 490 g/mol. The van der Waals surface area contributed by atoms with Crippen LogP contribution in [0.25, 0.3) is 11.1 Å². The number of sulfonamides is 1. The van der Waals surface area contributed by atoms with Crippen molar-refractivity contribution in [2.45, 2.75) is 30.9 Å². The molecule has 8 nitrogen and oxygen atoms in total. The van der Waals surface area contributed by atoms with E-state index >= 15 is 0 Å². The molecule has 0 fully saturated rings. The molecule has 0 spiro atoms. The summed E-state index contributed by atoms with van der Waals surface area (Å²) in [4.78, 5) is 16.1. The fourth-order valence-corrected chi connectivity index (χ4v) is 5.84. The number of aliphatic hydroxyl groups is 1. The van der Waals surface area contributed by atoms with Gasteiger partial charge >= 0.3 is 0 Å². The first-order valence-corrected chi connectivity index (χ1v) is 12.9. The molecule has 0 aliphatic carbocycles. The molecule has 3 atom stereocenters. The quantitative estimate of drug-likeness (QED) is 0.641. The molecular weight excluding hydrogens is 454 g/mol. The maximum atomic E-state index is 13.6. The van der Waals surface area contributed by atoms with Crippen molar-refractivity contribution in [3.63, 3.8) is 0 Å². The molecule has 34 heavy (non-hydrogen) atoms. The van der Waals surface area contributed by atoms with Crippen LogP contribution in [-0.2, 0) is 14.8 Å². The van der Waals surface area contributed by atoms with E-state index in [1.807, 2.05) is 51.4 Å². The van der Waals surface area contributed by atoms with Gasteiger partial charge in [-0.15, -0.1) is 0 Å². The van der Waals surface area contributed by atoms with Crippen molar-refractivity contribution >= 4 is 15.9 Å². The minimum Gasteiger partial charge on any atom is -0.487 e. The number of nitrogens with zero attached hydrogens (tertiary/aromatic N) is 3. The maximum Gasteiger partial charge on any atom is 0.247 e. The van der Waals surface area contributed by atoms with Crippen LogP contribution in [0.4, 0.5) is 0 Å². The summed E-state index contributed by atoms with van der Waals surface area (Å²) in [6.07, 6.45) is -0.440. The van der Waals surface area contributed by atoms with Crippen LogP contribution in [0.2, 0.25) is 0 Å². The third-order valence-electron chi connectivity index (χ3n) is 6.11. The fourth-order valence-electron chi connectivity index (χ4n) is 4.02. The van der Waals surface area contributed by atoms with Gasteiger partial charge in [0.1, 0.15) is 16.7 Å². The van der Waals surface area contributed by atoms with Gasteiger partial charge in [0, 0.05) is 25.6 Å². The molecule has 2 aromatic carbocycles. The van der Waals surface area contributed by atoms with Gasteiger partial charge in [-0.3, -0.25) is 4.79 Å². The molecule has 186 valence electrons. The van der Waals surface area contributed by atoms with Crippen molar-refractivity contribution in [1.29, 1.82) is 0 Å². The molecule has 0 bridgehead atoms. The Balaban J connectivity index is 2.06. The monoisotopic (exact) mass is 489 g/mol. The van der Waals surface area contributed by atoms with E-state index in [4.69, 9.17) is 4.74 Å². The minimum absolute atomic E-state index is 0.0469. The van der Waals surface area contributed by atoms with Crippen molar-refractivity contribution in [2.75, 3.05) is 47.4 Å². The number of benzene rings is 2. The molecule has 1 aliphatic rings. The molecule has 1 N–H and O–H groups in total.